The molecular formula is C22H35N2O2Y-. The number of nitrogens with zero attached hydrogens (tertiary/aromatic N) is 2. The summed E-state index contributed by atoms with van der Waals surface area (Å²) in [7, 11) is 0. The van der Waals surface area contributed by atoms with Gasteiger partial charge in [0.2, 0.25) is 0 Å². The summed E-state index contributed by atoms with van der Waals surface area (Å²) in [5.41, 5.74) is 3.39. The van der Waals surface area contributed by atoms with Gasteiger partial charge in [-0.3, -0.25) is 4.79 Å². The van der Waals surface area contributed by atoms with Gasteiger partial charge in [0.15, 0.2) is 5.75 Å². The minimum Gasteiger partial charge on any atom is -0.491 e. The van der Waals surface area contributed by atoms with Gasteiger partial charge in [-0.2, -0.15) is 5.10 Å². The predicted molar refractivity (Wildman–Crippen MR) is 112 cm³/mol. The number of hydrogen-bond donors (Lipinski definition) is 0. The molecule has 0 saturated carbocycles. The average Bonchev–Trinajstić information content (AvgIpc) is 2.60. The second-order valence-corrected chi connectivity index (χ2v) is 6.13. The van der Waals surface area contributed by atoms with Crippen molar-refractivity contribution < 1.29 is 37.4 Å². The predicted octanol–water partition coefficient (Wildman–Crippen LogP) is 5.31. The van der Waals surface area contributed by atoms with E-state index in [9.17, 15) is 4.79 Å². The molecule has 0 aliphatic rings. The van der Waals surface area contributed by atoms with Crippen LogP contribution >= 0.6 is 0 Å². The van der Waals surface area contributed by atoms with E-state index in [4.69, 9.17) is 4.74 Å². The first kappa shape index (κ1) is 28.2. The van der Waals surface area contributed by atoms with E-state index in [-0.39, 0.29) is 45.7 Å². The summed E-state index contributed by atoms with van der Waals surface area (Å²) < 4.78 is 7.42. The molecule has 1 aromatic carbocycles. The monoisotopic (exact) mass is 448 g/mol. The van der Waals surface area contributed by atoms with Crippen LogP contribution in [0.5, 0.6) is 5.75 Å². The van der Waals surface area contributed by atoms with Crippen LogP contribution in [-0.4, -0.2) is 16.4 Å². The van der Waals surface area contributed by atoms with Crippen molar-refractivity contribution in [2.75, 3.05) is 6.61 Å². The molecule has 4 nitrogen and oxygen atoms in total. The molecule has 1 aromatic heterocycles. The number of ether oxygens (including phenoxy) is 1. The Morgan fingerprint density at radius 3 is 2.22 bits per heavy atom. The molecule has 0 N–H and O–H groups in total. The molecule has 0 aliphatic heterocycles. The standard InChI is InChI=1S/C19H26N2O2.C2H6.CH3.Y/c1-6-16-18(23-7-2)17(15-11-9-8-10-14(15)5)19(22)21(20-16)12-13(3)4;1-2;;/h8-11,13H,6-7,12H2,1-5H3;1-2H3;1H3;/q;;-1;. The van der Waals surface area contributed by atoms with Gasteiger partial charge in [0.05, 0.1) is 12.2 Å². The van der Waals surface area contributed by atoms with Crippen molar-refractivity contribution in [3.63, 3.8) is 0 Å². The Morgan fingerprint density at radius 1 is 1.15 bits per heavy atom. The van der Waals surface area contributed by atoms with Gasteiger partial charge < -0.3 is 12.2 Å². The first-order valence-corrected chi connectivity index (χ1v) is 9.32. The third kappa shape index (κ3) is 7.15. The maximum absolute atomic E-state index is 13.0. The number of benzene rings is 1. The molecular weight excluding hydrogens is 413 g/mol. The van der Waals surface area contributed by atoms with Gasteiger partial charge in [-0.15, -0.1) is 0 Å². The fourth-order valence-electron chi connectivity index (χ4n) is 2.70. The molecule has 0 unspecified atom stereocenters. The van der Waals surface area contributed by atoms with Crippen molar-refractivity contribution in [2.45, 2.75) is 61.4 Å². The zero-order valence-electron chi connectivity index (χ0n) is 18.3. The molecule has 0 fully saturated rings. The van der Waals surface area contributed by atoms with Gasteiger partial charge in [-0.25, -0.2) is 4.68 Å². The van der Waals surface area contributed by atoms with Crippen molar-refractivity contribution in [3.05, 3.63) is 53.3 Å². The second kappa shape index (κ2) is 14.1. The first-order chi connectivity index (χ1) is 12.0. The van der Waals surface area contributed by atoms with E-state index in [0.717, 1.165) is 23.2 Å². The van der Waals surface area contributed by atoms with Crippen LogP contribution < -0.4 is 10.3 Å². The molecule has 0 bridgehead atoms. The summed E-state index contributed by atoms with van der Waals surface area (Å²) >= 11 is 0. The second-order valence-electron chi connectivity index (χ2n) is 6.13. The van der Waals surface area contributed by atoms with Gasteiger partial charge in [-0.05, 0) is 37.3 Å². The molecule has 0 aliphatic carbocycles. The molecule has 0 spiro atoms. The van der Waals surface area contributed by atoms with E-state index in [1.807, 2.05) is 58.9 Å². The molecule has 0 amide bonds. The van der Waals surface area contributed by atoms with Crippen LogP contribution in [0.1, 0.15) is 52.8 Å². The van der Waals surface area contributed by atoms with E-state index >= 15 is 0 Å². The van der Waals surface area contributed by atoms with Crippen LogP contribution in [0, 0.1) is 20.3 Å². The fourth-order valence-corrected chi connectivity index (χ4v) is 2.70. The van der Waals surface area contributed by atoms with Crippen LogP contribution in [-0.2, 0) is 45.7 Å². The molecule has 5 heteroatoms. The fraction of sp³-hybridized carbons (Fsp3) is 0.500. The quantitative estimate of drug-likeness (QED) is 0.563. The Kier molecular flexibility index (Phi) is 14.7. The maximum Gasteiger partial charge on any atom is 0.278 e. The third-order valence-corrected chi connectivity index (χ3v) is 3.75. The van der Waals surface area contributed by atoms with Crippen molar-refractivity contribution in [2.24, 2.45) is 5.92 Å². The summed E-state index contributed by atoms with van der Waals surface area (Å²) in [4.78, 5) is 13.0. The summed E-state index contributed by atoms with van der Waals surface area (Å²) in [5.74, 6) is 0.988. The minimum atomic E-state index is -0.0753. The van der Waals surface area contributed by atoms with Gasteiger partial charge in [0, 0.05) is 39.3 Å². The maximum atomic E-state index is 13.0. The zero-order valence-corrected chi connectivity index (χ0v) is 21.1. The van der Waals surface area contributed by atoms with E-state index < -0.39 is 0 Å². The molecule has 27 heavy (non-hydrogen) atoms. The first-order valence-electron chi connectivity index (χ1n) is 9.32. The largest absolute Gasteiger partial charge is 0.491 e. The number of aromatic nitrogens is 2. The van der Waals surface area contributed by atoms with Crippen molar-refractivity contribution in [1.29, 1.82) is 0 Å². The summed E-state index contributed by atoms with van der Waals surface area (Å²) in [6.45, 7) is 15.3. The normalized spacial score (nSPS) is 9.63. The van der Waals surface area contributed by atoms with Crippen molar-refractivity contribution in [1.82, 2.24) is 9.78 Å². The van der Waals surface area contributed by atoms with Crippen molar-refractivity contribution >= 4 is 0 Å². The summed E-state index contributed by atoms with van der Waals surface area (Å²) in [6.07, 6.45) is 0.729. The van der Waals surface area contributed by atoms with Crippen LogP contribution in [0.2, 0.25) is 0 Å². The number of aryl methyl sites for hydroxylation is 2. The Hall–Kier alpha value is -0.996. The van der Waals surface area contributed by atoms with Gasteiger partial charge >= 0.3 is 0 Å². The Bertz CT molecular complexity index is 740. The smallest absolute Gasteiger partial charge is 0.278 e. The molecule has 2 rings (SSSR count). The topological polar surface area (TPSA) is 44.1 Å². The molecule has 2 aromatic rings. The van der Waals surface area contributed by atoms with E-state index in [2.05, 4.69) is 18.9 Å². The molecule has 149 valence electrons. The van der Waals surface area contributed by atoms with Crippen LogP contribution in [0.25, 0.3) is 11.1 Å². The summed E-state index contributed by atoms with van der Waals surface area (Å²) in [6, 6.07) is 7.93. The zero-order chi connectivity index (χ0) is 19.0. The van der Waals surface area contributed by atoms with Gasteiger partial charge in [-0.1, -0.05) is 58.9 Å². The number of hydrogen-bond acceptors (Lipinski definition) is 3. The molecule has 0 atom stereocenters. The Labute approximate surface area is 190 Å². The van der Waals surface area contributed by atoms with E-state index in [0.29, 0.717) is 30.4 Å². The van der Waals surface area contributed by atoms with Crippen LogP contribution in [0.3, 0.4) is 0 Å². The Morgan fingerprint density at radius 2 is 1.74 bits per heavy atom. The molecule has 1 heterocycles. The van der Waals surface area contributed by atoms with E-state index in [1.54, 1.807) is 4.68 Å². The average molecular weight is 448 g/mol. The molecule has 0 saturated heterocycles. The third-order valence-electron chi connectivity index (χ3n) is 3.75. The van der Waals surface area contributed by atoms with E-state index in [1.165, 1.54) is 0 Å². The van der Waals surface area contributed by atoms with Gasteiger partial charge in [0.1, 0.15) is 5.69 Å². The van der Waals surface area contributed by atoms with Gasteiger partial charge in [0.25, 0.3) is 5.56 Å². The minimum absolute atomic E-state index is 0. The SMILES string of the molecule is CC.CCOc1c(CC)nn(CC(C)C)c(=O)c1-c1ccccc1C.[CH3-].[Y]. The van der Waals surface area contributed by atoms with Crippen molar-refractivity contribution in [3.8, 4) is 16.9 Å². The molecule has 1 radical (unpaired) electrons. The number of rotatable bonds is 6. The van der Waals surface area contributed by atoms with Crippen LogP contribution in [0.15, 0.2) is 29.1 Å². The summed E-state index contributed by atoms with van der Waals surface area (Å²) in [5, 5.41) is 4.54. The van der Waals surface area contributed by atoms with Crippen LogP contribution in [0.4, 0.5) is 0 Å². The Balaban J connectivity index is 0.